The van der Waals surface area contributed by atoms with Crippen molar-refractivity contribution < 1.29 is 8.78 Å². The van der Waals surface area contributed by atoms with E-state index in [1.54, 1.807) is 4.68 Å². The molecule has 0 unspecified atom stereocenters. The second-order valence-electron chi connectivity index (χ2n) is 3.69. The first-order valence-electron chi connectivity index (χ1n) is 5.23. The fourth-order valence-electron chi connectivity index (χ4n) is 1.68. The predicted octanol–water partition coefficient (Wildman–Crippen LogP) is 3.92. The molecule has 0 saturated heterocycles. The van der Waals surface area contributed by atoms with Gasteiger partial charge in [-0.05, 0) is 48.0 Å². The molecule has 0 aliphatic rings. The first-order valence-corrected chi connectivity index (χ1v) is 6.02. The van der Waals surface area contributed by atoms with E-state index in [0.717, 1.165) is 23.9 Å². The minimum Gasteiger partial charge on any atom is -0.268 e. The molecule has 0 radical (unpaired) electrons. The molecule has 1 aromatic carbocycles. The molecule has 0 atom stereocenters. The fraction of sp³-hybridized carbons (Fsp3) is 0.250. The van der Waals surface area contributed by atoms with Gasteiger partial charge in [0.1, 0.15) is 17.3 Å². The van der Waals surface area contributed by atoms with Crippen molar-refractivity contribution in [2.45, 2.75) is 20.4 Å². The molecule has 0 saturated carbocycles. The lowest BCUT2D eigenvalue weighted by Crippen LogP contribution is -1.98. The molecule has 0 fully saturated rings. The van der Waals surface area contributed by atoms with E-state index in [4.69, 9.17) is 0 Å². The highest BCUT2D eigenvalue weighted by atomic mass is 79.9. The molecule has 90 valence electrons. The minimum absolute atomic E-state index is 0.173. The number of rotatable bonds is 2. The molecule has 5 heteroatoms. The third-order valence-electron chi connectivity index (χ3n) is 2.62. The lowest BCUT2D eigenvalue weighted by Gasteiger charge is -2.00. The lowest BCUT2D eigenvalue weighted by atomic mass is 10.1. The molecule has 0 bridgehead atoms. The van der Waals surface area contributed by atoms with E-state index in [2.05, 4.69) is 21.0 Å². The Labute approximate surface area is 106 Å². The van der Waals surface area contributed by atoms with Crippen molar-refractivity contribution in [2.75, 3.05) is 0 Å². The van der Waals surface area contributed by atoms with E-state index in [1.807, 2.05) is 13.8 Å². The van der Waals surface area contributed by atoms with Crippen molar-refractivity contribution >= 4 is 15.9 Å². The minimum atomic E-state index is -0.479. The van der Waals surface area contributed by atoms with E-state index < -0.39 is 11.6 Å². The van der Waals surface area contributed by atoms with Gasteiger partial charge < -0.3 is 0 Å². The second kappa shape index (κ2) is 4.56. The van der Waals surface area contributed by atoms with E-state index in [9.17, 15) is 8.78 Å². The van der Waals surface area contributed by atoms with E-state index in [-0.39, 0.29) is 5.56 Å². The van der Waals surface area contributed by atoms with Crippen LogP contribution >= 0.6 is 15.9 Å². The van der Waals surface area contributed by atoms with Crippen molar-refractivity contribution in [2.24, 2.45) is 0 Å². The summed E-state index contributed by atoms with van der Waals surface area (Å²) in [7, 11) is 0. The maximum absolute atomic E-state index is 13.6. The van der Waals surface area contributed by atoms with Crippen LogP contribution in [0, 0.1) is 18.6 Å². The van der Waals surface area contributed by atoms with Gasteiger partial charge in [-0.2, -0.15) is 5.10 Å². The summed E-state index contributed by atoms with van der Waals surface area (Å²) in [5.41, 5.74) is 1.50. The van der Waals surface area contributed by atoms with Crippen LogP contribution in [0.15, 0.2) is 22.7 Å². The number of aryl methyl sites for hydroxylation is 1. The van der Waals surface area contributed by atoms with Crippen molar-refractivity contribution in [3.05, 3.63) is 40.0 Å². The molecule has 0 aliphatic carbocycles. The molecular formula is C12H11BrF2N2. The van der Waals surface area contributed by atoms with E-state index in [0.29, 0.717) is 16.7 Å². The van der Waals surface area contributed by atoms with E-state index >= 15 is 0 Å². The molecule has 2 nitrogen and oxygen atoms in total. The largest absolute Gasteiger partial charge is 0.268 e. The average molecular weight is 301 g/mol. The van der Waals surface area contributed by atoms with Crippen LogP contribution in [0.2, 0.25) is 0 Å². The van der Waals surface area contributed by atoms with Gasteiger partial charge in [0.2, 0.25) is 0 Å². The molecule has 17 heavy (non-hydrogen) atoms. The van der Waals surface area contributed by atoms with Crippen LogP contribution in [-0.2, 0) is 6.54 Å². The van der Waals surface area contributed by atoms with Gasteiger partial charge in [-0.3, -0.25) is 4.68 Å². The highest BCUT2D eigenvalue weighted by Crippen LogP contribution is 2.32. The van der Waals surface area contributed by atoms with Crippen LogP contribution in [0.4, 0.5) is 8.78 Å². The number of benzene rings is 1. The summed E-state index contributed by atoms with van der Waals surface area (Å²) in [5.74, 6) is -0.954. The number of aromatic nitrogens is 2. The van der Waals surface area contributed by atoms with Crippen LogP contribution in [0.3, 0.4) is 0 Å². The van der Waals surface area contributed by atoms with Gasteiger partial charge in [0, 0.05) is 12.1 Å². The maximum Gasteiger partial charge on any atom is 0.132 e. The second-order valence-corrected chi connectivity index (χ2v) is 4.48. The van der Waals surface area contributed by atoms with Crippen LogP contribution in [0.1, 0.15) is 12.6 Å². The zero-order valence-corrected chi connectivity index (χ0v) is 11.1. The molecular weight excluding hydrogens is 290 g/mol. The summed E-state index contributed by atoms with van der Waals surface area (Å²) in [5, 5.41) is 4.26. The zero-order valence-electron chi connectivity index (χ0n) is 9.47. The van der Waals surface area contributed by atoms with Gasteiger partial charge in [-0.15, -0.1) is 0 Å². The van der Waals surface area contributed by atoms with Gasteiger partial charge >= 0.3 is 0 Å². The molecule has 0 aliphatic heterocycles. The van der Waals surface area contributed by atoms with Gasteiger partial charge in [0.25, 0.3) is 0 Å². The molecule has 2 rings (SSSR count). The van der Waals surface area contributed by atoms with Crippen LogP contribution in [0.5, 0.6) is 0 Å². The van der Waals surface area contributed by atoms with Crippen molar-refractivity contribution in [3.63, 3.8) is 0 Å². The van der Waals surface area contributed by atoms with Crippen LogP contribution in [0.25, 0.3) is 11.3 Å². The zero-order chi connectivity index (χ0) is 12.6. The standard InChI is InChI=1S/C12H11BrF2N2/c1-3-17-7(2)11(13)12(16-17)9-6-8(14)4-5-10(9)15/h4-6H,3H2,1-2H3. The van der Waals surface area contributed by atoms with Gasteiger partial charge in [-0.1, -0.05) is 0 Å². The SMILES string of the molecule is CCn1nc(-c2cc(F)ccc2F)c(Br)c1C. The molecule has 0 N–H and O–H groups in total. The molecule has 0 amide bonds. The summed E-state index contributed by atoms with van der Waals surface area (Å²) in [6, 6.07) is 3.36. The Balaban J connectivity index is 2.64. The van der Waals surface area contributed by atoms with Crippen molar-refractivity contribution in [3.8, 4) is 11.3 Å². The van der Waals surface area contributed by atoms with Gasteiger partial charge in [0.15, 0.2) is 0 Å². The third-order valence-corrected chi connectivity index (χ3v) is 3.57. The normalized spacial score (nSPS) is 10.9. The molecule has 1 aromatic heterocycles. The number of nitrogens with zero attached hydrogens (tertiary/aromatic N) is 2. The Hall–Kier alpha value is -1.23. The molecule has 1 heterocycles. The number of hydrogen-bond acceptors (Lipinski definition) is 1. The number of hydrogen-bond donors (Lipinski definition) is 0. The Morgan fingerprint density at radius 1 is 1.35 bits per heavy atom. The summed E-state index contributed by atoms with van der Waals surface area (Å²) in [4.78, 5) is 0. The monoisotopic (exact) mass is 300 g/mol. The highest BCUT2D eigenvalue weighted by molar-refractivity contribution is 9.10. The summed E-state index contributed by atoms with van der Waals surface area (Å²) in [6.07, 6.45) is 0. The summed E-state index contributed by atoms with van der Waals surface area (Å²) in [6.45, 7) is 4.50. The maximum atomic E-state index is 13.6. The first-order chi connectivity index (χ1) is 8.04. The van der Waals surface area contributed by atoms with Crippen LogP contribution < -0.4 is 0 Å². The lowest BCUT2D eigenvalue weighted by molar-refractivity contribution is 0.600. The Morgan fingerprint density at radius 2 is 2.06 bits per heavy atom. The van der Waals surface area contributed by atoms with Crippen molar-refractivity contribution in [1.82, 2.24) is 9.78 Å². The Kier molecular flexibility index (Phi) is 3.28. The average Bonchev–Trinajstić information content (AvgIpc) is 2.59. The number of halogens is 3. The smallest absolute Gasteiger partial charge is 0.132 e. The predicted molar refractivity (Wildman–Crippen MR) is 65.7 cm³/mol. The van der Waals surface area contributed by atoms with Crippen molar-refractivity contribution in [1.29, 1.82) is 0 Å². The first kappa shape index (κ1) is 12.2. The summed E-state index contributed by atoms with van der Waals surface area (Å²) < 4.78 is 29.2. The Morgan fingerprint density at radius 3 is 2.65 bits per heavy atom. The fourth-order valence-corrected chi connectivity index (χ4v) is 2.18. The van der Waals surface area contributed by atoms with E-state index in [1.165, 1.54) is 0 Å². The Bertz CT molecular complexity index is 564. The van der Waals surface area contributed by atoms with Crippen LogP contribution in [-0.4, -0.2) is 9.78 Å². The topological polar surface area (TPSA) is 17.8 Å². The molecule has 0 spiro atoms. The van der Waals surface area contributed by atoms with Gasteiger partial charge in [-0.25, -0.2) is 8.78 Å². The quantitative estimate of drug-likeness (QED) is 0.822. The summed E-state index contributed by atoms with van der Waals surface area (Å²) >= 11 is 3.36. The third kappa shape index (κ3) is 2.11. The molecule has 2 aromatic rings. The van der Waals surface area contributed by atoms with Gasteiger partial charge in [0.05, 0.1) is 10.2 Å². The highest BCUT2D eigenvalue weighted by Gasteiger charge is 2.17.